The van der Waals surface area contributed by atoms with Gasteiger partial charge in [0.2, 0.25) is 5.09 Å². The number of hydrogen-bond acceptors (Lipinski definition) is 5. The summed E-state index contributed by atoms with van der Waals surface area (Å²) in [6, 6.07) is 11.3. The van der Waals surface area contributed by atoms with Crippen molar-refractivity contribution in [3.05, 3.63) is 53.3 Å². The van der Waals surface area contributed by atoms with Crippen LogP contribution in [0.15, 0.2) is 45.9 Å². The van der Waals surface area contributed by atoms with Crippen LogP contribution in [-0.4, -0.2) is 45.9 Å². The van der Waals surface area contributed by atoms with Crippen LogP contribution in [0.2, 0.25) is 0 Å². The van der Waals surface area contributed by atoms with E-state index < -0.39 is 10.0 Å². The molecule has 27 heavy (non-hydrogen) atoms. The first kappa shape index (κ1) is 21.4. The third kappa shape index (κ3) is 4.19. The molecule has 1 fully saturated rings. The second-order valence-corrected chi connectivity index (χ2v) is 8.28. The summed E-state index contributed by atoms with van der Waals surface area (Å²) in [5, 5.41) is -0.255. The fourth-order valence-corrected chi connectivity index (χ4v) is 4.13. The summed E-state index contributed by atoms with van der Waals surface area (Å²) in [6.45, 7) is 3.15. The standard InChI is InChI=1S/C18H23N3O4S.ClH/c1-12-15(8-17(25-12)26(23,24)20-2)18(22)21-10-14(9-19)16(11-21)13-6-4-3-5-7-13;/h3-8,14,16,20H,9-11,19H2,1-2H3;1H/t14-,16+;/m1./s1. The molecule has 2 atom stereocenters. The van der Waals surface area contributed by atoms with Crippen LogP contribution in [0, 0.1) is 12.8 Å². The summed E-state index contributed by atoms with van der Waals surface area (Å²) in [4.78, 5) is 14.7. The van der Waals surface area contributed by atoms with Gasteiger partial charge in [0.25, 0.3) is 15.9 Å². The molecular weight excluding hydrogens is 390 g/mol. The van der Waals surface area contributed by atoms with Gasteiger partial charge in [0, 0.05) is 25.1 Å². The number of carbonyl (C=O) groups excluding carboxylic acids is 1. The molecule has 1 amide bonds. The minimum absolute atomic E-state index is 0. The zero-order valence-electron chi connectivity index (χ0n) is 15.2. The maximum Gasteiger partial charge on any atom is 0.273 e. The normalized spacial score (nSPS) is 19.7. The van der Waals surface area contributed by atoms with Crippen molar-refractivity contribution < 1.29 is 17.6 Å². The van der Waals surface area contributed by atoms with Crippen LogP contribution in [0.25, 0.3) is 0 Å². The van der Waals surface area contributed by atoms with Crippen LogP contribution in [0.3, 0.4) is 0 Å². The number of hydrogen-bond donors (Lipinski definition) is 2. The van der Waals surface area contributed by atoms with Crippen LogP contribution >= 0.6 is 12.4 Å². The lowest BCUT2D eigenvalue weighted by Crippen LogP contribution is -2.30. The molecule has 1 aromatic heterocycles. The lowest BCUT2D eigenvalue weighted by atomic mass is 9.89. The van der Waals surface area contributed by atoms with E-state index in [0.717, 1.165) is 5.56 Å². The number of furan rings is 1. The predicted molar refractivity (Wildman–Crippen MR) is 105 cm³/mol. The largest absolute Gasteiger partial charge is 0.448 e. The van der Waals surface area contributed by atoms with Crippen molar-refractivity contribution in [2.24, 2.45) is 11.7 Å². The third-order valence-corrected chi connectivity index (χ3v) is 6.19. The van der Waals surface area contributed by atoms with Crippen molar-refractivity contribution in [3.63, 3.8) is 0 Å². The number of carbonyl (C=O) groups is 1. The Hall–Kier alpha value is -1.87. The molecule has 1 aliphatic rings. The number of nitrogens with zero attached hydrogens (tertiary/aromatic N) is 1. The summed E-state index contributed by atoms with van der Waals surface area (Å²) in [5.74, 6) is 0.379. The maximum atomic E-state index is 12.9. The highest BCUT2D eigenvalue weighted by Crippen LogP contribution is 2.33. The molecule has 0 radical (unpaired) electrons. The van der Waals surface area contributed by atoms with Gasteiger partial charge in [0.1, 0.15) is 5.76 Å². The molecule has 3 rings (SSSR count). The molecule has 1 saturated heterocycles. The van der Waals surface area contributed by atoms with E-state index in [-0.39, 0.29) is 46.6 Å². The highest BCUT2D eigenvalue weighted by atomic mass is 35.5. The van der Waals surface area contributed by atoms with Crippen molar-refractivity contribution in [1.29, 1.82) is 0 Å². The molecular formula is C18H24ClN3O4S. The van der Waals surface area contributed by atoms with E-state index in [2.05, 4.69) is 4.72 Å². The van der Waals surface area contributed by atoms with Gasteiger partial charge in [-0.1, -0.05) is 30.3 Å². The average Bonchev–Trinajstić information content (AvgIpc) is 3.26. The Morgan fingerprint density at radius 3 is 2.56 bits per heavy atom. The topological polar surface area (TPSA) is 106 Å². The smallest absolute Gasteiger partial charge is 0.273 e. The number of likely N-dealkylation sites (tertiary alicyclic amines) is 1. The van der Waals surface area contributed by atoms with E-state index in [4.69, 9.17) is 10.2 Å². The number of sulfonamides is 1. The summed E-state index contributed by atoms with van der Waals surface area (Å²) >= 11 is 0. The van der Waals surface area contributed by atoms with E-state index in [0.29, 0.717) is 19.6 Å². The van der Waals surface area contributed by atoms with Crippen molar-refractivity contribution in [1.82, 2.24) is 9.62 Å². The highest BCUT2D eigenvalue weighted by Gasteiger charge is 2.37. The Kier molecular flexibility index (Phi) is 6.69. The van der Waals surface area contributed by atoms with Crippen LogP contribution in [0.4, 0.5) is 0 Å². The molecule has 148 valence electrons. The summed E-state index contributed by atoms with van der Waals surface area (Å²) < 4.78 is 31.3. The lowest BCUT2D eigenvalue weighted by molar-refractivity contribution is 0.0784. The minimum atomic E-state index is -3.73. The second-order valence-electron chi connectivity index (χ2n) is 6.47. The zero-order valence-corrected chi connectivity index (χ0v) is 16.8. The van der Waals surface area contributed by atoms with Gasteiger partial charge < -0.3 is 15.1 Å². The maximum absolute atomic E-state index is 12.9. The first-order valence-electron chi connectivity index (χ1n) is 8.45. The monoisotopic (exact) mass is 413 g/mol. The van der Waals surface area contributed by atoms with Gasteiger partial charge in [-0.3, -0.25) is 4.79 Å². The van der Waals surface area contributed by atoms with Gasteiger partial charge in [-0.25, -0.2) is 13.1 Å². The van der Waals surface area contributed by atoms with Gasteiger partial charge >= 0.3 is 0 Å². The Morgan fingerprint density at radius 2 is 1.96 bits per heavy atom. The van der Waals surface area contributed by atoms with Crippen molar-refractivity contribution in [3.8, 4) is 0 Å². The highest BCUT2D eigenvalue weighted by molar-refractivity contribution is 7.89. The first-order chi connectivity index (χ1) is 12.4. The molecule has 0 spiro atoms. The number of halogens is 1. The summed E-state index contributed by atoms with van der Waals surface area (Å²) in [5.41, 5.74) is 7.35. The molecule has 1 aromatic carbocycles. The molecule has 1 aliphatic heterocycles. The van der Waals surface area contributed by atoms with Gasteiger partial charge in [0.05, 0.1) is 5.56 Å². The van der Waals surface area contributed by atoms with E-state index in [9.17, 15) is 13.2 Å². The number of nitrogens with one attached hydrogen (secondary N) is 1. The first-order valence-corrected chi connectivity index (χ1v) is 9.94. The molecule has 2 heterocycles. The number of aryl methyl sites for hydroxylation is 1. The Bertz CT molecular complexity index is 899. The zero-order chi connectivity index (χ0) is 18.9. The van der Waals surface area contributed by atoms with Crippen molar-refractivity contribution in [2.75, 3.05) is 26.7 Å². The van der Waals surface area contributed by atoms with Crippen molar-refractivity contribution in [2.45, 2.75) is 17.9 Å². The minimum Gasteiger partial charge on any atom is -0.448 e. The molecule has 7 nitrogen and oxygen atoms in total. The molecule has 0 bridgehead atoms. The molecule has 0 saturated carbocycles. The number of amides is 1. The Balaban J connectivity index is 0.00000261. The average molecular weight is 414 g/mol. The van der Waals surface area contributed by atoms with Crippen LogP contribution in [0.5, 0.6) is 0 Å². The third-order valence-electron chi connectivity index (χ3n) is 4.92. The second kappa shape index (κ2) is 8.43. The summed E-state index contributed by atoms with van der Waals surface area (Å²) in [6.07, 6.45) is 0. The predicted octanol–water partition coefficient (Wildman–Crippen LogP) is 1.73. The fraction of sp³-hybridized carbons (Fsp3) is 0.389. The lowest BCUT2D eigenvalue weighted by Gasteiger charge is -2.16. The van der Waals surface area contributed by atoms with Gasteiger partial charge in [-0.2, -0.15) is 0 Å². The van der Waals surface area contributed by atoms with Gasteiger partial charge in [-0.05, 0) is 32.0 Å². The van der Waals surface area contributed by atoms with Crippen LogP contribution in [-0.2, 0) is 10.0 Å². The van der Waals surface area contributed by atoms with E-state index in [1.807, 2.05) is 30.3 Å². The fourth-order valence-electron chi connectivity index (χ4n) is 3.42. The Labute approximate surface area is 165 Å². The number of benzene rings is 1. The Morgan fingerprint density at radius 1 is 1.30 bits per heavy atom. The number of rotatable bonds is 5. The van der Waals surface area contributed by atoms with Crippen LogP contribution < -0.4 is 10.5 Å². The summed E-state index contributed by atoms with van der Waals surface area (Å²) in [7, 11) is -2.44. The molecule has 9 heteroatoms. The van der Waals surface area contributed by atoms with E-state index >= 15 is 0 Å². The van der Waals surface area contributed by atoms with Crippen molar-refractivity contribution >= 4 is 28.3 Å². The van der Waals surface area contributed by atoms with Crippen LogP contribution in [0.1, 0.15) is 27.6 Å². The molecule has 2 aromatic rings. The SMILES string of the molecule is CNS(=O)(=O)c1cc(C(=O)N2C[C@@H](CN)[C@H](c3ccccc3)C2)c(C)o1.Cl. The van der Waals surface area contributed by atoms with E-state index in [1.54, 1.807) is 11.8 Å². The number of nitrogens with two attached hydrogens (primary N) is 1. The van der Waals surface area contributed by atoms with Gasteiger partial charge in [0.15, 0.2) is 0 Å². The molecule has 3 N–H and O–H groups in total. The molecule has 0 aliphatic carbocycles. The molecule has 0 unspecified atom stereocenters. The van der Waals surface area contributed by atoms with E-state index in [1.165, 1.54) is 13.1 Å². The quantitative estimate of drug-likeness (QED) is 0.776. The van der Waals surface area contributed by atoms with Gasteiger partial charge in [-0.15, -0.1) is 12.4 Å².